The first-order chi connectivity index (χ1) is 7.74. The summed E-state index contributed by atoms with van der Waals surface area (Å²) in [6, 6.07) is 11.3. The van der Waals surface area contributed by atoms with Crippen LogP contribution in [0.5, 0.6) is 5.75 Å². The van der Waals surface area contributed by atoms with Crippen LogP contribution in [0.3, 0.4) is 0 Å². The molecule has 0 amide bonds. The Morgan fingerprint density at radius 3 is 2.56 bits per heavy atom. The van der Waals surface area contributed by atoms with Crippen LogP contribution in [0.1, 0.15) is 10.4 Å². The monoisotopic (exact) mass is 210 g/mol. The highest BCUT2D eigenvalue weighted by molar-refractivity contribution is 6.24. The zero-order chi connectivity index (χ0) is 11.5. The molecule has 0 aliphatic rings. The molecule has 0 aliphatic heterocycles. The molecule has 0 heterocycles. The Balaban J connectivity index is 2.51. The van der Waals surface area contributed by atoms with Gasteiger partial charge in [-0.2, -0.15) is 0 Å². The Morgan fingerprint density at radius 1 is 1.19 bits per heavy atom. The normalized spacial score (nSPS) is 10.3. The van der Waals surface area contributed by atoms with Crippen LogP contribution in [0.4, 0.5) is 0 Å². The second kappa shape index (κ2) is 4.39. The molecule has 78 valence electrons. The van der Waals surface area contributed by atoms with Crippen LogP contribution in [0.25, 0.3) is 10.8 Å². The van der Waals surface area contributed by atoms with Gasteiger partial charge in [0.1, 0.15) is 5.75 Å². The molecule has 0 aromatic heterocycles. The van der Waals surface area contributed by atoms with Crippen molar-refractivity contribution in [2.75, 3.05) is 7.11 Å². The van der Waals surface area contributed by atoms with Gasteiger partial charge >= 0.3 is 0 Å². The van der Waals surface area contributed by atoms with Gasteiger partial charge in [0.2, 0.25) is 0 Å². The number of ether oxygens (including phenoxy) is 1. The molecule has 0 unspecified atom stereocenters. The summed E-state index contributed by atoms with van der Waals surface area (Å²) in [5, 5.41) is 2.06. The molecular formula is C13H11BO2. The van der Waals surface area contributed by atoms with Crippen molar-refractivity contribution in [3.63, 3.8) is 0 Å². The van der Waals surface area contributed by atoms with Crippen LogP contribution in [-0.2, 0) is 0 Å². The highest BCUT2D eigenvalue weighted by Gasteiger charge is 2.04. The van der Waals surface area contributed by atoms with Crippen LogP contribution in [0, 0.1) is 0 Å². The van der Waals surface area contributed by atoms with Gasteiger partial charge < -0.3 is 4.74 Å². The summed E-state index contributed by atoms with van der Waals surface area (Å²) >= 11 is 0. The molecule has 0 aliphatic carbocycles. The summed E-state index contributed by atoms with van der Waals surface area (Å²) in [6.07, 6.45) is 0.0433. The van der Waals surface area contributed by atoms with E-state index in [1.54, 1.807) is 13.2 Å². The van der Waals surface area contributed by atoms with E-state index in [2.05, 4.69) is 0 Å². The smallest absolute Gasteiger partial charge is 0.154 e. The van der Waals surface area contributed by atoms with Gasteiger partial charge in [-0.3, -0.25) is 4.79 Å². The predicted molar refractivity (Wildman–Crippen MR) is 65.4 cm³/mol. The third-order valence-electron chi connectivity index (χ3n) is 2.55. The summed E-state index contributed by atoms with van der Waals surface area (Å²) in [7, 11) is 6.96. The van der Waals surface area contributed by atoms with Crippen molar-refractivity contribution >= 4 is 24.4 Å². The van der Waals surface area contributed by atoms with Crippen LogP contribution < -0.4 is 4.74 Å². The molecule has 3 heteroatoms. The van der Waals surface area contributed by atoms with Gasteiger partial charge in [-0.25, -0.2) is 0 Å². The first-order valence-electron chi connectivity index (χ1n) is 5.05. The molecule has 2 aromatic rings. The first-order valence-corrected chi connectivity index (χ1v) is 5.05. The number of Topliss-reactive ketones (excluding diaryl/α,β-unsaturated/α-hetero) is 1. The fourth-order valence-corrected chi connectivity index (χ4v) is 1.64. The molecule has 2 radical (unpaired) electrons. The van der Waals surface area contributed by atoms with E-state index in [1.165, 1.54) is 0 Å². The van der Waals surface area contributed by atoms with E-state index in [9.17, 15) is 4.79 Å². The van der Waals surface area contributed by atoms with E-state index in [-0.39, 0.29) is 12.1 Å². The van der Waals surface area contributed by atoms with Gasteiger partial charge in [-0.1, -0.05) is 18.2 Å². The van der Waals surface area contributed by atoms with Gasteiger partial charge in [0.05, 0.1) is 15.0 Å². The Morgan fingerprint density at radius 2 is 1.88 bits per heavy atom. The third-order valence-corrected chi connectivity index (χ3v) is 2.55. The molecule has 2 aromatic carbocycles. The minimum Gasteiger partial charge on any atom is -0.497 e. The van der Waals surface area contributed by atoms with Crippen LogP contribution in [-0.4, -0.2) is 20.7 Å². The summed E-state index contributed by atoms with van der Waals surface area (Å²) < 4.78 is 5.13. The van der Waals surface area contributed by atoms with Crippen LogP contribution in [0.2, 0.25) is 6.32 Å². The Labute approximate surface area is 95.6 Å². The summed E-state index contributed by atoms with van der Waals surface area (Å²) in [5.74, 6) is 0.767. The number of fused-ring (bicyclic) bond motifs is 1. The Hall–Kier alpha value is -1.77. The van der Waals surface area contributed by atoms with Gasteiger partial charge in [-0.15, -0.1) is 0 Å². The van der Waals surface area contributed by atoms with Gasteiger partial charge in [0, 0.05) is 5.56 Å². The standard InChI is InChI=1S/C13H11BO2/c1-16-12-5-4-9-6-11(13(15)8-14)3-2-10(9)7-12/h2-7H,8H2,1H3. The molecule has 0 atom stereocenters. The van der Waals surface area contributed by atoms with E-state index in [4.69, 9.17) is 12.6 Å². The molecule has 0 saturated carbocycles. The molecule has 0 fully saturated rings. The van der Waals surface area contributed by atoms with Crippen molar-refractivity contribution < 1.29 is 9.53 Å². The number of hydrogen-bond acceptors (Lipinski definition) is 2. The number of carbonyl (C=O) groups is 1. The van der Waals surface area contributed by atoms with E-state index < -0.39 is 0 Å². The maximum atomic E-state index is 11.4. The second-order valence-electron chi connectivity index (χ2n) is 3.56. The molecule has 0 saturated heterocycles. The molecular weight excluding hydrogens is 199 g/mol. The maximum Gasteiger partial charge on any atom is 0.154 e. The number of methoxy groups -OCH3 is 1. The summed E-state index contributed by atoms with van der Waals surface area (Å²) in [5.41, 5.74) is 0.653. The summed E-state index contributed by atoms with van der Waals surface area (Å²) in [4.78, 5) is 11.4. The largest absolute Gasteiger partial charge is 0.497 e. The van der Waals surface area contributed by atoms with E-state index in [0.717, 1.165) is 16.5 Å². The quantitative estimate of drug-likeness (QED) is 0.574. The van der Waals surface area contributed by atoms with Crippen molar-refractivity contribution in [2.24, 2.45) is 0 Å². The minimum absolute atomic E-state index is 0.0433. The minimum atomic E-state index is -0.0438. The Kier molecular flexibility index (Phi) is 2.95. The zero-order valence-corrected chi connectivity index (χ0v) is 9.07. The molecule has 0 spiro atoms. The fraction of sp³-hybridized carbons (Fsp3) is 0.154. The highest BCUT2D eigenvalue weighted by Crippen LogP contribution is 2.22. The van der Waals surface area contributed by atoms with Crippen molar-refractivity contribution in [3.8, 4) is 5.75 Å². The molecule has 0 N–H and O–H groups in total. The Bertz CT molecular complexity index is 534. The van der Waals surface area contributed by atoms with Crippen LogP contribution in [0.15, 0.2) is 36.4 Å². The van der Waals surface area contributed by atoms with Crippen LogP contribution >= 0.6 is 0 Å². The lowest BCUT2D eigenvalue weighted by molar-refractivity contribution is 0.101. The second-order valence-corrected chi connectivity index (χ2v) is 3.56. The maximum absolute atomic E-state index is 11.4. The zero-order valence-electron chi connectivity index (χ0n) is 9.07. The van der Waals surface area contributed by atoms with Gasteiger partial charge in [0.25, 0.3) is 0 Å². The molecule has 16 heavy (non-hydrogen) atoms. The average molecular weight is 210 g/mol. The lowest BCUT2D eigenvalue weighted by Crippen LogP contribution is -1.96. The van der Waals surface area contributed by atoms with Crippen molar-refractivity contribution in [1.82, 2.24) is 0 Å². The predicted octanol–water partition coefficient (Wildman–Crippen LogP) is 2.62. The van der Waals surface area contributed by atoms with Crippen molar-refractivity contribution in [1.29, 1.82) is 0 Å². The average Bonchev–Trinajstić information content (AvgIpc) is 2.36. The van der Waals surface area contributed by atoms with Crippen molar-refractivity contribution in [2.45, 2.75) is 6.32 Å². The highest BCUT2D eigenvalue weighted by atomic mass is 16.5. The molecule has 0 bridgehead atoms. The third kappa shape index (κ3) is 1.94. The lowest BCUT2D eigenvalue weighted by atomic mass is 9.94. The van der Waals surface area contributed by atoms with Gasteiger partial charge in [-0.05, 0) is 35.3 Å². The number of ketones is 1. The first kappa shape index (κ1) is 10.7. The molecule has 2 rings (SSSR count). The molecule has 2 nitrogen and oxygen atoms in total. The lowest BCUT2D eigenvalue weighted by Gasteiger charge is -2.04. The number of benzene rings is 2. The summed E-state index contributed by atoms with van der Waals surface area (Å²) in [6.45, 7) is 0. The van der Waals surface area contributed by atoms with Crippen molar-refractivity contribution in [3.05, 3.63) is 42.0 Å². The SMILES string of the molecule is [B]CC(=O)c1ccc2cc(OC)ccc2c1. The number of hydrogen-bond donors (Lipinski definition) is 0. The number of rotatable bonds is 3. The van der Waals surface area contributed by atoms with E-state index >= 15 is 0 Å². The van der Waals surface area contributed by atoms with E-state index in [1.807, 2.05) is 30.3 Å². The topological polar surface area (TPSA) is 26.3 Å². The fourth-order valence-electron chi connectivity index (χ4n) is 1.64. The van der Waals surface area contributed by atoms with Gasteiger partial charge in [0.15, 0.2) is 5.78 Å². The number of carbonyl (C=O) groups excluding carboxylic acids is 1. The van der Waals surface area contributed by atoms with E-state index in [0.29, 0.717) is 5.56 Å².